The van der Waals surface area contributed by atoms with Gasteiger partial charge in [-0.15, -0.1) is 0 Å². The average Bonchev–Trinajstić information content (AvgIpc) is 2.91. The SMILES string of the molecule is C=C(C)[C@H]1CC[C@H]2[C@@H]3CC=C4C[C@](O)(C#CCl)CC[C@@H]4[C@H]3CC[C@]12C. The minimum atomic E-state index is -0.890. The molecule has 1 nitrogen and oxygen atoms in total. The molecule has 0 radical (unpaired) electrons. The molecule has 0 aromatic heterocycles. The zero-order valence-corrected chi connectivity index (χ0v) is 16.4. The number of rotatable bonds is 1. The molecule has 4 aliphatic carbocycles. The number of fused-ring (bicyclic) bond motifs is 5. The lowest BCUT2D eigenvalue weighted by Gasteiger charge is -2.54. The normalized spacial score (nSPS) is 48.3. The van der Waals surface area contributed by atoms with Crippen molar-refractivity contribution in [3.63, 3.8) is 0 Å². The van der Waals surface area contributed by atoms with Gasteiger partial charge in [-0.2, -0.15) is 0 Å². The van der Waals surface area contributed by atoms with Crippen molar-refractivity contribution in [1.29, 1.82) is 0 Å². The van der Waals surface area contributed by atoms with Crippen LogP contribution in [0.3, 0.4) is 0 Å². The molecule has 136 valence electrons. The zero-order chi connectivity index (χ0) is 17.8. The fraction of sp³-hybridized carbons (Fsp3) is 0.739. The Morgan fingerprint density at radius 2 is 2.04 bits per heavy atom. The summed E-state index contributed by atoms with van der Waals surface area (Å²) in [5.74, 6) is 6.75. The molecule has 0 saturated heterocycles. The van der Waals surface area contributed by atoms with Crippen molar-refractivity contribution in [2.75, 3.05) is 0 Å². The fourth-order valence-corrected chi connectivity index (χ4v) is 7.47. The fourth-order valence-electron chi connectivity index (χ4n) is 7.30. The summed E-state index contributed by atoms with van der Waals surface area (Å²) in [7, 11) is 0. The van der Waals surface area contributed by atoms with Crippen molar-refractivity contribution >= 4 is 11.6 Å². The minimum Gasteiger partial charge on any atom is -0.377 e. The molecule has 7 atom stereocenters. The molecule has 4 aliphatic rings. The van der Waals surface area contributed by atoms with Gasteiger partial charge in [0.25, 0.3) is 0 Å². The molecule has 0 unspecified atom stereocenters. The lowest BCUT2D eigenvalue weighted by Crippen LogP contribution is -2.47. The van der Waals surface area contributed by atoms with Gasteiger partial charge in [0.15, 0.2) is 0 Å². The van der Waals surface area contributed by atoms with Crippen molar-refractivity contribution < 1.29 is 5.11 Å². The second-order valence-corrected chi connectivity index (χ2v) is 9.73. The molecule has 4 rings (SSSR count). The van der Waals surface area contributed by atoms with Crippen LogP contribution in [0.15, 0.2) is 23.8 Å². The molecule has 0 heterocycles. The number of allylic oxidation sites excluding steroid dienone is 2. The van der Waals surface area contributed by atoms with Crippen LogP contribution in [-0.2, 0) is 0 Å². The van der Waals surface area contributed by atoms with Crippen molar-refractivity contribution in [2.45, 2.75) is 70.8 Å². The third-order valence-corrected chi connectivity index (χ3v) is 8.47. The monoisotopic (exact) mass is 358 g/mol. The minimum absolute atomic E-state index is 0.470. The van der Waals surface area contributed by atoms with E-state index in [1.165, 1.54) is 43.3 Å². The van der Waals surface area contributed by atoms with Crippen molar-refractivity contribution in [2.24, 2.45) is 35.0 Å². The van der Waals surface area contributed by atoms with Crippen LogP contribution in [0.2, 0.25) is 0 Å². The second-order valence-electron chi connectivity index (χ2n) is 9.54. The third kappa shape index (κ3) is 2.72. The summed E-state index contributed by atoms with van der Waals surface area (Å²) in [5.41, 5.74) is 2.45. The molecule has 3 saturated carbocycles. The highest BCUT2D eigenvalue weighted by molar-refractivity contribution is 6.30. The largest absolute Gasteiger partial charge is 0.377 e. The van der Waals surface area contributed by atoms with Crippen molar-refractivity contribution in [3.05, 3.63) is 23.8 Å². The van der Waals surface area contributed by atoms with Gasteiger partial charge in [0, 0.05) is 11.8 Å². The summed E-state index contributed by atoms with van der Waals surface area (Å²) in [5, 5.41) is 13.1. The molecule has 0 aromatic rings. The summed E-state index contributed by atoms with van der Waals surface area (Å²) in [6.45, 7) is 9.10. The Kier molecular flexibility index (Phi) is 4.37. The van der Waals surface area contributed by atoms with E-state index in [0.717, 1.165) is 36.5 Å². The molecular formula is C23H31ClO. The Bertz CT molecular complexity index is 667. The maximum atomic E-state index is 10.7. The van der Waals surface area contributed by atoms with Gasteiger partial charge in [0.1, 0.15) is 5.60 Å². The van der Waals surface area contributed by atoms with Crippen LogP contribution in [0.1, 0.15) is 65.2 Å². The quantitative estimate of drug-likeness (QED) is 0.472. The first-order chi connectivity index (χ1) is 11.9. The maximum Gasteiger partial charge on any atom is 0.130 e. The predicted octanol–water partition coefficient (Wildman–Crippen LogP) is 5.68. The van der Waals surface area contributed by atoms with Crippen LogP contribution in [0.4, 0.5) is 0 Å². The lowest BCUT2D eigenvalue weighted by molar-refractivity contribution is -0.0199. The Morgan fingerprint density at radius 1 is 1.24 bits per heavy atom. The van der Waals surface area contributed by atoms with E-state index in [9.17, 15) is 5.11 Å². The van der Waals surface area contributed by atoms with Gasteiger partial charge in [-0.25, -0.2) is 0 Å². The Hall–Kier alpha value is -0.710. The molecular weight excluding hydrogens is 328 g/mol. The Morgan fingerprint density at radius 3 is 2.76 bits per heavy atom. The molecule has 0 amide bonds. The number of hydrogen-bond donors (Lipinski definition) is 1. The van der Waals surface area contributed by atoms with E-state index in [1.807, 2.05) is 0 Å². The molecule has 0 spiro atoms. The van der Waals surface area contributed by atoms with Crippen molar-refractivity contribution in [3.8, 4) is 11.3 Å². The first kappa shape index (κ1) is 17.7. The summed E-state index contributed by atoms with van der Waals surface area (Å²) >= 11 is 5.58. The summed E-state index contributed by atoms with van der Waals surface area (Å²) < 4.78 is 0. The number of halogens is 1. The highest BCUT2D eigenvalue weighted by Gasteiger charge is 2.56. The summed E-state index contributed by atoms with van der Waals surface area (Å²) in [4.78, 5) is 0. The van der Waals surface area contributed by atoms with E-state index in [2.05, 4.69) is 37.8 Å². The number of aliphatic hydroxyl groups is 1. The van der Waals surface area contributed by atoms with Gasteiger partial charge in [-0.05, 0) is 98.5 Å². The van der Waals surface area contributed by atoms with Gasteiger partial charge < -0.3 is 5.11 Å². The van der Waals surface area contributed by atoms with E-state index in [4.69, 9.17) is 11.6 Å². The van der Waals surface area contributed by atoms with Crippen molar-refractivity contribution in [1.82, 2.24) is 0 Å². The van der Waals surface area contributed by atoms with Gasteiger partial charge in [-0.3, -0.25) is 0 Å². The highest BCUT2D eigenvalue weighted by atomic mass is 35.5. The van der Waals surface area contributed by atoms with Gasteiger partial charge in [-0.1, -0.05) is 36.6 Å². The molecule has 0 aromatic carbocycles. The molecule has 0 bridgehead atoms. The summed E-state index contributed by atoms with van der Waals surface area (Å²) in [6, 6.07) is 0. The van der Waals surface area contributed by atoms with Crippen LogP contribution in [0.25, 0.3) is 0 Å². The predicted molar refractivity (Wildman–Crippen MR) is 104 cm³/mol. The first-order valence-electron chi connectivity index (χ1n) is 10.1. The molecule has 3 fully saturated rings. The molecule has 0 aliphatic heterocycles. The van der Waals surface area contributed by atoms with E-state index >= 15 is 0 Å². The number of hydrogen-bond acceptors (Lipinski definition) is 1. The second kappa shape index (κ2) is 6.17. The first-order valence-corrected chi connectivity index (χ1v) is 10.5. The molecule has 25 heavy (non-hydrogen) atoms. The van der Waals surface area contributed by atoms with Crippen LogP contribution in [-0.4, -0.2) is 10.7 Å². The Labute approximate surface area is 157 Å². The van der Waals surface area contributed by atoms with E-state index in [0.29, 0.717) is 17.8 Å². The zero-order valence-electron chi connectivity index (χ0n) is 15.7. The van der Waals surface area contributed by atoms with Crippen LogP contribution in [0.5, 0.6) is 0 Å². The Balaban J connectivity index is 1.59. The maximum absolute atomic E-state index is 10.7. The molecule has 2 heteroatoms. The average molecular weight is 359 g/mol. The van der Waals surface area contributed by atoms with Crippen LogP contribution >= 0.6 is 11.6 Å². The van der Waals surface area contributed by atoms with Crippen LogP contribution in [0, 0.1) is 46.3 Å². The van der Waals surface area contributed by atoms with Crippen LogP contribution < -0.4 is 0 Å². The summed E-state index contributed by atoms with van der Waals surface area (Å²) in [6.07, 6.45) is 11.6. The smallest absolute Gasteiger partial charge is 0.130 e. The van der Waals surface area contributed by atoms with E-state index in [-0.39, 0.29) is 0 Å². The topological polar surface area (TPSA) is 20.2 Å². The highest BCUT2D eigenvalue weighted by Crippen LogP contribution is 2.64. The third-order valence-electron chi connectivity index (χ3n) is 8.38. The van der Waals surface area contributed by atoms with E-state index in [1.54, 1.807) is 0 Å². The van der Waals surface area contributed by atoms with Gasteiger partial charge in [0.05, 0.1) is 0 Å². The van der Waals surface area contributed by atoms with Gasteiger partial charge in [0.2, 0.25) is 0 Å². The van der Waals surface area contributed by atoms with Gasteiger partial charge >= 0.3 is 0 Å². The molecule has 1 N–H and O–H groups in total. The standard InChI is InChI=1S/C23H31ClO/c1-15(2)20-6-7-21-19-5-4-16-14-23(25,12-13-24)11-9-17(16)18(19)8-10-22(20,21)3/h4,17-21,25H,1,5-11,14H2,2-3H3/t17-,18+,19+,20+,21-,22+,23+/m0/s1. The van der Waals surface area contributed by atoms with E-state index < -0.39 is 5.60 Å². The lowest BCUT2D eigenvalue weighted by atomic mass is 9.51.